The van der Waals surface area contributed by atoms with Crippen molar-refractivity contribution in [1.82, 2.24) is 0 Å². The molecule has 0 radical (unpaired) electrons. The minimum absolute atomic E-state index is 0.116. The molecule has 1 heterocycles. The summed E-state index contributed by atoms with van der Waals surface area (Å²) < 4.78 is 11.0. The molecule has 3 rings (SSSR count). The van der Waals surface area contributed by atoms with Crippen molar-refractivity contribution in [1.29, 1.82) is 0 Å². The molecule has 0 amide bonds. The van der Waals surface area contributed by atoms with Crippen LogP contribution in [0.25, 0.3) is 0 Å². The highest BCUT2D eigenvalue weighted by Crippen LogP contribution is 2.33. The number of hydrogen-bond donors (Lipinski definition) is 0. The minimum Gasteiger partial charge on any atom is -0.500 e. The van der Waals surface area contributed by atoms with Gasteiger partial charge in [-0.15, -0.1) is 0 Å². The van der Waals surface area contributed by atoms with E-state index in [1.54, 1.807) is 18.2 Å². The first-order chi connectivity index (χ1) is 10.7. The molecule has 4 nitrogen and oxygen atoms in total. The molecule has 1 aliphatic carbocycles. The van der Waals surface area contributed by atoms with Crippen LogP contribution in [-0.2, 0) is 9.53 Å². The van der Waals surface area contributed by atoms with Gasteiger partial charge in [-0.3, -0.25) is 9.59 Å². The van der Waals surface area contributed by atoms with E-state index in [0.717, 1.165) is 0 Å². The topological polar surface area (TPSA) is 52.6 Å². The summed E-state index contributed by atoms with van der Waals surface area (Å²) in [6, 6.07) is 7.02. The Labute approximate surface area is 129 Å². The van der Waals surface area contributed by atoms with Gasteiger partial charge in [0.05, 0.1) is 12.7 Å². The summed E-state index contributed by atoms with van der Waals surface area (Å²) in [5.41, 5.74) is 0.599. The average molecular weight is 298 g/mol. The Balaban J connectivity index is 2.14. The Bertz CT molecular complexity index is 669. The summed E-state index contributed by atoms with van der Waals surface area (Å²) in [6.07, 6.45) is 5.81. The van der Waals surface area contributed by atoms with Gasteiger partial charge in [0, 0.05) is 12.3 Å². The van der Waals surface area contributed by atoms with E-state index in [9.17, 15) is 9.59 Å². The molecule has 0 unspecified atom stereocenters. The van der Waals surface area contributed by atoms with Gasteiger partial charge in [0.25, 0.3) is 0 Å². The Morgan fingerprint density at radius 1 is 1.18 bits per heavy atom. The van der Waals surface area contributed by atoms with Crippen molar-refractivity contribution >= 4 is 11.6 Å². The lowest BCUT2D eigenvalue weighted by Crippen LogP contribution is -2.28. The van der Waals surface area contributed by atoms with Crippen LogP contribution in [0.5, 0.6) is 5.75 Å². The number of para-hydroxylation sites is 1. The van der Waals surface area contributed by atoms with E-state index in [4.69, 9.17) is 9.47 Å². The van der Waals surface area contributed by atoms with Crippen molar-refractivity contribution in [3.63, 3.8) is 0 Å². The lowest BCUT2D eigenvalue weighted by Gasteiger charge is -2.24. The minimum atomic E-state index is -0.302. The molecule has 0 N–H and O–H groups in total. The largest absolute Gasteiger partial charge is 0.500 e. The summed E-state index contributed by atoms with van der Waals surface area (Å²) in [6.45, 7) is 0.390. The molecule has 1 atom stereocenters. The zero-order valence-electron chi connectivity index (χ0n) is 12.5. The number of methoxy groups -OCH3 is 1. The summed E-state index contributed by atoms with van der Waals surface area (Å²) in [5, 5.41) is 0. The first-order valence-electron chi connectivity index (χ1n) is 7.45. The number of fused-ring (bicyclic) bond motifs is 3. The van der Waals surface area contributed by atoms with E-state index in [1.165, 1.54) is 7.11 Å². The number of rotatable bonds is 1. The maximum Gasteiger partial charge on any atom is 0.203 e. The number of ketones is 2. The lowest BCUT2D eigenvalue weighted by molar-refractivity contribution is -0.119. The molecule has 1 aliphatic heterocycles. The van der Waals surface area contributed by atoms with Crippen molar-refractivity contribution in [3.05, 3.63) is 53.3 Å². The Kier molecular flexibility index (Phi) is 4.09. The normalized spacial score (nSPS) is 23.2. The fourth-order valence-corrected chi connectivity index (χ4v) is 2.95. The van der Waals surface area contributed by atoms with E-state index in [1.807, 2.05) is 18.2 Å². The van der Waals surface area contributed by atoms with Crippen LogP contribution in [0.4, 0.5) is 0 Å². The van der Waals surface area contributed by atoms with Gasteiger partial charge < -0.3 is 9.47 Å². The second kappa shape index (κ2) is 6.18. The summed E-state index contributed by atoms with van der Waals surface area (Å²) in [7, 11) is 1.51. The smallest absolute Gasteiger partial charge is 0.203 e. The fourth-order valence-electron chi connectivity index (χ4n) is 2.95. The van der Waals surface area contributed by atoms with Crippen LogP contribution >= 0.6 is 0 Å². The highest BCUT2D eigenvalue weighted by molar-refractivity contribution is 6.28. The Hall–Kier alpha value is -2.36. The number of allylic oxidation sites excluding steroid dienone is 3. The second-order valence-corrected chi connectivity index (χ2v) is 5.45. The predicted molar refractivity (Wildman–Crippen MR) is 81.8 cm³/mol. The number of carbonyl (C=O) groups excluding carboxylic acids is 2. The van der Waals surface area contributed by atoms with Gasteiger partial charge in [-0.2, -0.15) is 0 Å². The lowest BCUT2D eigenvalue weighted by atomic mass is 9.81. The number of benzene rings is 1. The van der Waals surface area contributed by atoms with E-state index >= 15 is 0 Å². The number of Topliss-reactive ketones (excluding diaryl/α,β-unsaturated/α-hetero) is 2. The van der Waals surface area contributed by atoms with Crippen molar-refractivity contribution < 1.29 is 19.1 Å². The van der Waals surface area contributed by atoms with E-state index < -0.39 is 0 Å². The van der Waals surface area contributed by atoms with E-state index in [2.05, 4.69) is 0 Å². The van der Waals surface area contributed by atoms with Gasteiger partial charge in [-0.25, -0.2) is 0 Å². The second-order valence-electron chi connectivity index (χ2n) is 5.45. The van der Waals surface area contributed by atoms with Crippen LogP contribution in [0.1, 0.15) is 29.6 Å². The van der Waals surface area contributed by atoms with Gasteiger partial charge in [0.2, 0.25) is 5.78 Å². The highest BCUT2D eigenvalue weighted by Gasteiger charge is 2.35. The van der Waals surface area contributed by atoms with Gasteiger partial charge in [0.15, 0.2) is 5.78 Å². The molecule has 0 aromatic heterocycles. The third-order valence-corrected chi connectivity index (χ3v) is 4.14. The van der Waals surface area contributed by atoms with Gasteiger partial charge in [-0.1, -0.05) is 24.3 Å². The fraction of sp³-hybridized carbons (Fsp3) is 0.333. The zero-order valence-corrected chi connectivity index (χ0v) is 12.5. The van der Waals surface area contributed by atoms with Crippen molar-refractivity contribution in [3.8, 4) is 5.75 Å². The van der Waals surface area contributed by atoms with Crippen molar-refractivity contribution in [2.45, 2.75) is 19.3 Å². The SMILES string of the molecule is COC1=C2C(=O)c3ccccc3OC/C=C\C[C@@H](CC1)C2=O. The molecule has 1 aromatic carbocycles. The van der Waals surface area contributed by atoms with Crippen LogP contribution in [0, 0.1) is 5.92 Å². The molecule has 0 fully saturated rings. The molecular formula is C18H18O4. The number of ether oxygens (including phenoxy) is 2. The molecule has 114 valence electrons. The van der Waals surface area contributed by atoms with E-state index in [0.29, 0.717) is 42.9 Å². The van der Waals surface area contributed by atoms with Crippen LogP contribution in [0.3, 0.4) is 0 Å². The first-order valence-corrected chi connectivity index (χ1v) is 7.45. The van der Waals surface area contributed by atoms with Crippen molar-refractivity contribution in [2.75, 3.05) is 13.7 Å². The summed E-state index contributed by atoms with van der Waals surface area (Å²) >= 11 is 0. The molecule has 22 heavy (non-hydrogen) atoms. The van der Waals surface area contributed by atoms with Crippen LogP contribution in [0.2, 0.25) is 0 Å². The molecular weight excluding hydrogens is 280 g/mol. The standard InChI is InChI=1S/C18H18O4/c1-21-15-10-9-12-6-4-5-11-22-14-8-3-2-7-13(14)18(20)16(15)17(12)19/h2-5,7-8,12H,6,9-11H2,1H3/b5-4-/t12-/m0/s1. The maximum absolute atomic E-state index is 12.9. The van der Waals surface area contributed by atoms with Gasteiger partial charge in [0.1, 0.15) is 23.7 Å². The maximum atomic E-state index is 12.9. The first kappa shape index (κ1) is 14.6. The summed E-state index contributed by atoms with van der Waals surface area (Å²) in [4.78, 5) is 25.6. The number of carbonyl (C=O) groups is 2. The quantitative estimate of drug-likeness (QED) is 0.590. The Morgan fingerprint density at radius 2 is 2.00 bits per heavy atom. The third kappa shape index (κ3) is 2.56. The number of hydrogen-bond acceptors (Lipinski definition) is 4. The molecule has 0 saturated carbocycles. The van der Waals surface area contributed by atoms with Gasteiger partial charge >= 0.3 is 0 Å². The van der Waals surface area contributed by atoms with Crippen molar-refractivity contribution in [2.24, 2.45) is 5.92 Å². The molecule has 1 aromatic rings. The van der Waals surface area contributed by atoms with Gasteiger partial charge in [-0.05, 0) is 25.0 Å². The third-order valence-electron chi connectivity index (χ3n) is 4.14. The van der Waals surface area contributed by atoms with Crippen LogP contribution in [-0.4, -0.2) is 25.3 Å². The highest BCUT2D eigenvalue weighted by atomic mass is 16.5. The molecule has 0 saturated heterocycles. The van der Waals surface area contributed by atoms with Crippen LogP contribution < -0.4 is 4.74 Å². The molecule has 2 aliphatic rings. The molecule has 2 bridgehead atoms. The van der Waals surface area contributed by atoms with E-state index in [-0.39, 0.29) is 23.1 Å². The molecule has 4 heteroatoms. The monoisotopic (exact) mass is 298 g/mol. The molecule has 0 spiro atoms. The summed E-state index contributed by atoms with van der Waals surface area (Å²) in [5.74, 6) is 0.416. The van der Waals surface area contributed by atoms with Crippen LogP contribution in [0.15, 0.2) is 47.7 Å². The average Bonchev–Trinajstić information content (AvgIpc) is 2.56. The Morgan fingerprint density at radius 3 is 2.82 bits per heavy atom. The predicted octanol–water partition coefficient (Wildman–Crippen LogP) is 3.09. The zero-order chi connectivity index (χ0) is 15.5.